The number of aromatic hydroxyl groups is 1. The average Bonchev–Trinajstić information content (AvgIpc) is 2.47. The Balaban J connectivity index is 2.14. The van der Waals surface area contributed by atoms with Crippen molar-refractivity contribution in [2.75, 3.05) is 19.6 Å². The minimum atomic E-state index is -0.294. The topological polar surface area (TPSA) is 35.5 Å². The van der Waals surface area contributed by atoms with Crippen molar-refractivity contribution in [3.8, 4) is 5.75 Å². The van der Waals surface area contributed by atoms with Gasteiger partial charge in [0.1, 0.15) is 11.6 Å². The van der Waals surface area contributed by atoms with Gasteiger partial charge in [0.25, 0.3) is 0 Å². The maximum Gasteiger partial charge on any atom is 0.123 e. The van der Waals surface area contributed by atoms with Gasteiger partial charge in [-0.1, -0.05) is 0 Å². The number of nitrogens with zero attached hydrogens (tertiary/aromatic N) is 1. The van der Waals surface area contributed by atoms with Crippen LogP contribution in [0.15, 0.2) is 18.2 Å². The molecule has 2 N–H and O–H groups in total. The lowest BCUT2D eigenvalue weighted by Gasteiger charge is -2.37. The average molecular weight is 294 g/mol. The Bertz CT molecular complexity index is 458. The molecular formula is C17H27FN2O. The maximum atomic E-state index is 13.5. The third-order valence-corrected chi connectivity index (χ3v) is 4.47. The van der Waals surface area contributed by atoms with E-state index >= 15 is 0 Å². The molecule has 1 aliphatic heterocycles. The standard InChI is InChI=1S/C17H27FN2O/c1-12(2)20(11-14-5-4-8-19-10-14)13(3)16-9-15(18)6-7-17(16)21/h6-7,9,12-14,19,21H,4-5,8,10-11H2,1-3H3. The quantitative estimate of drug-likeness (QED) is 0.874. The third-order valence-electron chi connectivity index (χ3n) is 4.47. The first-order valence-corrected chi connectivity index (χ1v) is 7.94. The minimum Gasteiger partial charge on any atom is -0.508 e. The van der Waals surface area contributed by atoms with Gasteiger partial charge in [0.05, 0.1) is 0 Å². The van der Waals surface area contributed by atoms with Gasteiger partial charge in [-0.2, -0.15) is 0 Å². The Morgan fingerprint density at radius 3 is 2.76 bits per heavy atom. The molecule has 1 fully saturated rings. The van der Waals surface area contributed by atoms with Crippen LogP contribution in [0, 0.1) is 11.7 Å². The highest BCUT2D eigenvalue weighted by Crippen LogP contribution is 2.31. The van der Waals surface area contributed by atoms with Gasteiger partial charge in [0.2, 0.25) is 0 Å². The fourth-order valence-corrected chi connectivity index (χ4v) is 3.23. The molecular weight excluding hydrogens is 267 g/mol. The maximum absolute atomic E-state index is 13.5. The predicted octanol–water partition coefficient (Wildman–Crippen LogP) is 3.30. The zero-order valence-corrected chi connectivity index (χ0v) is 13.3. The van der Waals surface area contributed by atoms with E-state index in [1.807, 2.05) is 6.92 Å². The summed E-state index contributed by atoms with van der Waals surface area (Å²) >= 11 is 0. The number of benzene rings is 1. The number of phenols is 1. The number of nitrogens with one attached hydrogen (secondary N) is 1. The minimum absolute atomic E-state index is 0.00243. The van der Waals surface area contributed by atoms with Gasteiger partial charge in [0, 0.05) is 24.2 Å². The molecule has 0 saturated carbocycles. The molecule has 1 aliphatic rings. The summed E-state index contributed by atoms with van der Waals surface area (Å²) in [5.74, 6) is 0.508. The van der Waals surface area contributed by atoms with E-state index in [1.165, 1.54) is 31.0 Å². The summed E-state index contributed by atoms with van der Waals surface area (Å²) in [5.41, 5.74) is 0.674. The van der Waals surface area contributed by atoms with Crippen LogP contribution in [0.4, 0.5) is 4.39 Å². The number of piperidine rings is 1. The lowest BCUT2D eigenvalue weighted by Crippen LogP contribution is -2.42. The van der Waals surface area contributed by atoms with Gasteiger partial charge in [-0.05, 0) is 70.8 Å². The Morgan fingerprint density at radius 2 is 2.14 bits per heavy atom. The molecule has 0 aromatic heterocycles. The van der Waals surface area contributed by atoms with Crippen molar-refractivity contribution >= 4 is 0 Å². The van der Waals surface area contributed by atoms with E-state index in [0.717, 1.165) is 19.6 Å². The lowest BCUT2D eigenvalue weighted by molar-refractivity contribution is 0.125. The zero-order valence-electron chi connectivity index (χ0n) is 13.3. The molecule has 118 valence electrons. The Labute approximate surface area is 127 Å². The number of hydrogen-bond acceptors (Lipinski definition) is 3. The van der Waals surface area contributed by atoms with E-state index in [-0.39, 0.29) is 17.6 Å². The molecule has 21 heavy (non-hydrogen) atoms. The third kappa shape index (κ3) is 4.17. The first kappa shape index (κ1) is 16.2. The normalized spacial score (nSPS) is 21.0. The lowest BCUT2D eigenvalue weighted by atomic mass is 9.96. The fraction of sp³-hybridized carbons (Fsp3) is 0.647. The van der Waals surface area contributed by atoms with E-state index < -0.39 is 0 Å². The summed E-state index contributed by atoms with van der Waals surface area (Å²) in [5, 5.41) is 13.5. The van der Waals surface area contributed by atoms with Crippen LogP contribution in [0.3, 0.4) is 0 Å². The molecule has 0 radical (unpaired) electrons. The van der Waals surface area contributed by atoms with E-state index in [9.17, 15) is 9.50 Å². The number of halogens is 1. The molecule has 1 heterocycles. The van der Waals surface area contributed by atoms with Crippen LogP contribution in [0.2, 0.25) is 0 Å². The first-order chi connectivity index (χ1) is 9.99. The molecule has 2 atom stereocenters. The second-order valence-corrected chi connectivity index (χ2v) is 6.38. The van der Waals surface area contributed by atoms with E-state index in [0.29, 0.717) is 17.5 Å². The van der Waals surface area contributed by atoms with E-state index in [2.05, 4.69) is 24.1 Å². The van der Waals surface area contributed by atoms with Gasteiger partial charge < -0.3 is 10.4 Å². The Morgan fingerprint density at radius 1 is 1.38 bits per heavy atom. The van der Waals surface area contributed by atoms with E-state index in [1.54, 1.807) is 0 Å². The summed E-state index contributed by atoms with van der Waals surface area (Å²) < 4.78 is 13.5. The van der Waals surface area contributed by atoms with Gasteiger partial charge in [-0.25, -0.2) is 4.39 Å². The highest BCUT2D eigenvalue weighted by molar-refractivity contribution is 5.35. The summed E-state index contributed by atoms with van der Waals surface area (Å²) in [6, 6.07) is 4.55. The predicted molar refractivity (Wildman–Crippen MR) is 83.9 cm³/mol. The van der Waals surface area contributed by atoms with Crippen LogP contribution in [-0.4, -0.2) is 35.7 Å². The second kappa shape index (κ2) is 7.23. The molecule has 0 spiro atoms. The van der Waals surface area contributed by atoms with Crippen molar-refractivity contribution in [3.63, 3.8) is 0 Å². The molecule has 0 aliphatic carbocycles. The number of phenolic OH excluding ortho intramolecular Hbond substituents is 1. The van der Waals surface area contributed by atoms with Crippen molar-refractivity contribution in [2.45, 2.75) is 45.7 Å². The fourth-order valence-electron chi connectivity index (χ4n) is 3.23. The molecule has 2 rings (SSSR count). The highest BCUT2D eigenvalue weighted by atomic mass is 19.1. The molecule has 3 nitrogen and oxygen atoms in total. The van der Waals surface area contributed by atoms with E-state index in [4.69, 9.17) is 0 Å². The van der Waals surface area contributed by atoms with Crippen LogP contribution in [0.1, 0.15) is 45.2 Å². The van der Waals surface area contributed by atoms with Crippen LogP contribution < -0.4 is 5.32 Å². The number of rotatable bonds is 5. The smallest absolute Gasteiger partial charge is 0.123 e. The monoisotopic (exact) mass is 294 g/mol. The molecule has 0 bridgehead atoms. The summed E-state index contributed by atoms with van der Waals surface area (Å²) in [6.45, 7) is 9.49. The largest absolute Gasteiger partial charge is 0.508 e. The number of hydrogen-bond donors (Lipinski definition) is 2. The summed E-state index contributed by atoms with van der Waals surface area (Å²) in [6.07, 6.45) is 2.45. The summed E-state index contributed by atoms with van der Waals surface area (Å²) in [7, 11) is 0. The van der Waals surface area contributed by atoms with Crippen molar-refractivity contribution in [1.29, 1.82) is 0 Å². The van der Waals surface area contributed by atoms with Gasteiger partial charge in [-0.3, -0.25) is 4.90 Å². The van der Waals surface area contributed by atoms with Crippen LogP contribution in [-0.2, 0) is 0 Å². The SMILES string of the molecule is CC(C)N(CC1CCCNC1)C(C)c1cc(F)ccc1O. The van der Waals surface area contributed by atoms with Crippen LogP contribution in [0.5, 0.6) is 5.75 Å². The summed E-state index contributed by atoms with van der Waals surface area (Å²) in [4.78, 5) is 2.35. The highest BCUT2D eigenvalue weighted by Gasteiger charge is 2.25. The van der Waals surface area contributed by atoms with Crippen LogP contribution in [0.25, 0.3) is 0 Å². The Kier molecular flexibility index (Phi) is 5.59. The first-order valence-electron chi connectivity index (χ1n) is 7.94. The van der Waals surface area contributed by atoms with Crippen molar-refractivity contribution in [3.05, 3.63) is 29.6 Å². The van der Waals surface area contributed by atoms with Gasteiger partial charge >= 0.3 is 0 Å². The van der Waals surface area contributed by atoms with Crippen LogP contribution >= 0.6 is 0 Å². The zero-order chi connectivity index (χ0) is 15.4. The van der Waals surface area contributed by atoms with Crippen molar-refractivity contribution in [2.24, 2.45) is 5.92 Å². The molecule has 2 unspecified atom stereocenters. The molecule has 1 aromatic rings. The second-order valence-electron chi connectivity index (χ2n) is 6.38. The molecule has 4 heteroatoms. The van der Waals surface area contributed by atoms with Crippen molar-refractivity contribution in [1.82, 2.24) is 10.2 Å². The van der Waals surface area contributed by atoms with Crippen molar-refractivity contribution < 1.29 is 9.50 Å². The molecule has 0 amide bonds. The van der Waals surface area contributed by atoms with Gasteiger partial charge in [0.15, 0.2) is 0 Å². The molecule has 1 aromatic carbocycles. The molecule has 1 saturated heterocycles. The Hall–Kier alpha value is -1.13. The van der Waals surface area contributed by atoms with Gasteiger partial charge in [-0.15, -0.1) is 0 Å².